The van der Waals surface area contributed by atoms with Crippen molar-refractivity contribution in [2.24, 2.45) is 0 Å². The fourth-order valence-corrected chi connectivity index (χ4v) is 4.55. The molecular formula is C23H24N4O3S. The molecule has 0 saturated heterocycles. The van der Waals surface area contributed by atoms with Crippen molar-refractivity contribution in [3.05, 3.63) is 65.5 Å². The minimum Gasteiger partial charge on any atom is -0.493 e. The highest BCUT2D eigenvalue weighted by atomic mass is 32.1. The Morgan fingerprint density at radius 1 is 1.10 bits per heavy atom. The van der Waals surface area contributed by atoms with Crippen molar-refractivity contribution < 1.29 is 14.3 Å². The maximum atomic E-state index is 13.7. The SMILES string of the molecule is COc1cccc(C(=O)N(CCn2nc(C)cc2C)c2nc3ccccc3s2)c1OC. The van der Waals surface area contributed by atoms with Crippen molar-refractivity contribution in [1.82, 2.24) is 14.8 Å². The number of methoxy groups -OCH3 is 2. The van der Waals surface area contributed by atoms with Crippen LogP contribution in [-0.2, 0) is 6.54 Å². The van der Waals surface area contributed by atoms with E-state index in [1.54, 1.807) is 30.2 Å². The highest BCUT2D eigenvalue weighted by Crippen LogP contribution is 2.34. The molecule has 0 bridgehead atoms. The molecule has 1 amide bonds. The number of hydrogen-bond donors (Lipinski definition) is 0. The quantitative estimate of drug-likeness (QED) is 0.427. The summed E-state index contributed by atoms with van der Waals surface area (Å²) in [4.78, 5) is 20.1. The first-order valence-corrected chi connectivity index (χ1v) is 10.7. The van der Waals surface area contributed by atoms with Gasteiger partial charge in [0, 0.05) is 12.2 Å². The third-order valence-corrected chi connectivity index (χ3v) is 6.09. The molecule has 0 radical (unpaired) electrons. The van der Waals surface area contributed by atoms with E-state index in [2.05, 4.69) is 5.10 Å². The van der Waals surface area contributed by atoms with Gasteiger partial charge >= 0.3 is 0 Å². The summed E-state index contributed by atoms with van der Waals surface area (Å²) in [5, 5.41) is 5.17. The molecule has 0 spiro atoms. The molecule has 2 aromatic carbocycles. The van der Waals surface area contributed by atoms with Gasteiger partial charge in [-0.25, -0.2) is 4.98 Å². The van der Waals surface area contributed by atoms with Gasteiger partial charge < -0.3 is 9.47 Å². The zero-order valence-electron chi connectivity index (χ0n) is 18.0. The standard InChI is InChI=1S/C23H24N4O3S/c1-15-14-16(2)27(25-15)13-12-26(23-24-18-9-5-6-11-20(18)31-23)22(28)17-8-7-10-19(29-3)21(17)30-4/h5-11,14H,12-13H2,1-4H3. The number of fused-ring (bicyclic) bond motifs is 1. The summed E-state index contributed by atoms with van der Waals surface area (Å²) < 4.78 is 13.8. The Balaban J connectivity index is 1.74. The van der Waals surface area contributed by atoms with E-state index >= 15 is 0 Å². The molecule has 7 nitrogen and oxygen atoms in total. The summed E-state index contributed by atoms with van der Waals surface area (Å²) in [7, 11) is 3.09. The van der Waals surface area contributed by atoms with E-state index < -0.39 is 0 Å². The van der Waals surface area contributed by atoms with Gasteiger partial charge in [0.05, 0.1) is 42.2 Å². The van der Waals surface area contributed by atoms with Gasteiger partial charge in [-0.05, 0) is 44.2 Å². The van der Waals surface area contributed by atoms with Gasteiger partial charge in [-0.1, -0.05) is 29.5 Å². The first-order valence-electron chi connectivity index (χ1n) is 9.91. The molecule has 2 aromatic heterocycles. The maximum absolute atomic E-state index is 13.7. The molecule has 0 aliphatic carbocycles. The van der Waals surface area contributed by atoms with Gasteiger partial charge in [-0.15, -0.1) is 0 Å². The van der Waals surface area contributed by atoms with Crippen LogP contribution in [0.15, 0.2) is 48.5 Å². The maximum Gasteiger partial charge on any atom is 0.264 e. The first-order chi connectivity index (χ1) is 15.0. The molecule has 0 atom stereocenters. The predicted octanol–water partition coefficient (Wildman–Crippen LogP) is 4.47. The van der Waals surface area contributed by atoms with Crippen molar-refractivity contribution in [2.75, 3.05) is 25.7 Å². The Kier molecular flexibility index (Phi) is 5.90. The molecule has 4 rings (SSSR count). The minimum atomic E-state index is -0.198. The Bertz CT molecular complexity index is 1200. The lowest BCUT2D eigenvalue weighted by Gasteiger charge is -2.22. The summed E-state index contributed by atoms with van der Waals surface area (Å²) in [6, 6.07) is 15.2. The number of aromatic nitrogens is 3. The van der Waals surface area contributed by atoms with Crippen molar-refractivity contribution in [3.8, 4) is 11.5 Å². The van der Waals surface area contributed by atoms with Crippen LogP contribution < -0.4 is 14.4 Å². The number of carbonyl (C=O) groups is 1. The number of ether oxygens (including phenoxy) is 2. The minimum absolute atomic E-state index is 0.198. The third-order valence-electron chi connectivity index (χ3n) is 5.03. The van der Waals surface area contributed by atoms with Crippen LogP contribution in [0.5, 0.6) is 11.5 Å². The Morgan fingerprint density at radius 2 is 1.90 bits per heavy atom. The number of carbonyl (C=O) groups excluding carboxylic acids is 1. The number of anilines is 1. The molecule has 8 heteroatoms. The fourth-order valence-electron chi connectivity index (χ4n) is 3.56. The lowest BCUT2D eigenvalue weighted by Crippen LogP contribution is -2.34. The molecular weight excluding hydrogens is 412 g/mol. The third kappa shape index (κ3) is 4.11. The number of amides is 1. The molecule has 0 aliphatic rings. The molecule has 0 fully saturated rings. The average molecular weight is 437 g/mol. The van der Waals surface area contributed by atoms with Crippen LogP contribution in [0.3, 0.4) is 0 Å². The normalized spacial score (nSPS) is 11.0. The molecule has 0 unspecified atom stereocenters. The van der Waals surface area contributed by atoms with Gasteiger partial charge in [0.1, 0.15) is 0 Å². The topological polar surface area (TPSA) is 69.5 Å². The Morgan fingerprint density at radius 3 is 2.58 bits per heavy atom. The second-order valence-corrected chi connectivity index (χ2v) is 8.12. The summed E-state index contributed by atoms with van der Waals surface area (Å²) in [6.07, 6.45) is 0. The Hall–Kier alpha value is -3.39. The first kappa shape index (κ1) is 20.9. The van der Waals surface area contributed by atoms with Crippen molar-refractivity contribution in [1.29, 1.82) is 0 Å². The lowest BCUT2D eigenvalue weighted by atomic mass is 10.1. The van der Waals surface area contributed by atoms with Crippen LogP contribution in [-0.4, -0.2) is 41.4 Å². The van der Waals surface area contributed by atoms with Crippen molar-refractivity contribution in [3.63, 3.8) is 0 Å². The highest BCUT2D eigenvalue weighted by Gasteiger charge is 2.26. The summed E-state index contributed by atoms with van der Waals surface area (Å²) in [5.41, 5.74) is 3.29. The molecule has 0 saturated carbocycles. The van der Waals surface area contributed by atoms with E-state index in [9.17, 15) is 4.79 Å². The van der Waals surface area contributed by atoms with E-state index in [1.165, 1.54) is 18.4 Å². The van der Waals surface area contributed by atoms with E-state index in [4.69, 9.17) is 14.5 Å². The smallest absolute Gasteiger partial charge is 0.264 e. The van der Waals surface area contributed by atoms with E-state index in [1.807, 2.05) is 48.9 Å². The zero-order valence-corrected chi connectivity index (χ0v) is 18.8. The van der Waals surface area contributed by atoms with Gasteiger partial charge in [0.15, 0.2) is 16.6 Å². The second-order valence-electron chi connectivity index (χ2n) is 7.11. The van der Waals surface area contributed by atoms with Crippen LogP contribution >= 0.6 is 11.3 Å². The van der Waals surface area contributed by atoms with Gasteiger partial charge in [-0.3, -0.25) is 14.4 Å². The van der Waals surface area contributed by atoms with Gasteiger partial charge in [0.25, 0.3) is 5.91 Å². The fraction of sp³-hybridized carbons (Fsp3) is 0.261. The average Bonchev–Trinajstić information content (AvgIpc) is 3.35. The molecule has 31 heavy (non-hydrogen) atoms. The number of aryl methyl sites for hydroxylation is 2. The highest BCUT2D eigenvalue weighted by molar-refractivity contribution is 7.22. The van der Waals surface area contributed by atoms with E-state index in [-0.39, 0.29) is 5.91 Å². The van der Waals surface area contributed by atoms with Gasteiger partial charge in [0.2, 0.25) is 0 Å². The van der Waals surface area contributed by atoms with Crippen LogP contribution in [0.1, 0.15) is 21.7 Å². The number of benzene rings is 2. The van der Waals surface area contributed by atoms with Gasteiger partial charge in [-0.2, -0.15) is 5.10 Å². The van der Waals surface area contributed by atoms with Crippen molar-refractivity contribution in [2.45, 2.75) is 20.4 Å². The molecule has 0 aliphatic heterocycles. The lowest BCUT2D eigenvalue weighted by molar-refractivity contribution is 0.0982. The second kappa shape index (κ2) is 8.77. The summed E-state index contributed by atoms with van der Waals surface area (Å²) in [5.74, 6) is 0.722. The Labute approximate surface area is 184 Å². The number of thiazole rings is 1. The van der Waals surface area contributed by atoms with Crippen LogP contribution in [0.2, 0.25) is 0 Å². The van der Waals surface area contributed by atoms with E-state index in [0.717, 1.165) is 21.6 Å². The zero-order chi connectivity index (χ0) is 22.0. The summed E-state index contributed by atoms with van der Waals surface area (Å²) in [6.45, 7) is 4.94. The molecule has 2 heterocycles. The largest absolute Gasteiger partial charge is 0.493 e. The van der Waals surface area contributed by atoms with Crippen molar-refractivity contribution >= 4 is 32.6 Å². The molecule has 4 aromatic rings. The molecule has 0 N–H and O–H groups in total. The molecule has 160 valence electrons. The van der Waals surface area contributed by atoms with Crippen LogP contribution in [0.4, 0.5) is 5.13 Å². The monoisotopic (exact) mass is 436 g/mol. The van der Waals surface area contributed by atoms with Crippen LogP contribution in [0.25, 0.3) is 10.2 Å². The number of nitrogens with zero attached hydrogens (tertiary/aromatic N) is 4. The number of rotatable bonds is 7. The van der Waals surface area contributed by atoms with E-state index in [0.29, 0.717) is 35.3 Å². The predicted molar refractivity (Wildman–Crippen MR) is 123 cm³/mol. The summed E-state index contributed by atoms with van der Waals surface area (Å²) >= 11 is 1.49. The number of para-hydroxylation sites is 2. The number of hydrogen-bond acceptors (Lipinski definition) is 6. The van der Waals surface area contributed by atoms with Crippen LogP contribution in [0, 0.1) is 13.8 Å².